The fourth-order valence-electron chi connectivity index (χ4n) is 4.07. The number of carbonyl (C=O) groups excluding carboxylic acids is 1. The molecule has 154 valence electrons. The summed E-state index contributed by atoms with van der Waals surface area (Å²) in [5.74, 6) is 0.600. The lowest BCUT2D eigenvalue weighted by Gasteiger charge is -2.35. The van der Waals surface area contributed by atoms with Gasteiger partial charge in [0.2, 0.25) is 0 Å². The summed E-state index contributed by atoms with van der Waals surface area (Å²) in [6, 6.07) is 16.3. The summed E-state index contributed by atoms with van der Waals surface area (Å²) in [4.78, 5) is 17.1. The molecular formula is C23H29N3O3. The molecule has 0 bridgehead atoms. The minimum atomic E-state index is -0.104. The molecule has 2 heterocycles. The van der Waals surface area contributed by atoms with E-state index in [9.17, 15) is 4.79 Å². The van der Waals surface area contributed by atoms with Crippen molar-refractivity contribution in [3.8, 4) is 5.75 Å². The summed E-state index contributed by atoms with van der Waals surface area (Å²) < 4.78 is 11.1. The molecule has 2 aliphatic rings. The fourth-order valence-corrected chi connectivity index (χ4v) is 4.07. The van der Waals surface area contributed by atoms with Crippen LogP contribution in [0.1, 0.15) is 17.2 Å². The largest absolute Gasteiger partial charge is 0.484 e. The molecule has 2 aliphatic heterocycles. The van der Waals surface area contributed by atoms with Crippen molar-refractivity contribution in [3.05, 3.63) is 59.7 Å². The number of para-hydroxylation sites is 1. The van der Waals surface area contributed by atoms with Gasteiger partial charge in [0, 0.05) is 38.9 Å². The molecular weight excluding hydrogens is 366 g/mol. The third kappa shape index (κ3) is 4.89. The van der Waals surface area contributed by atoms with Crippen LogP contribution in [0.3, 0.4) is 0 Å². The number of likely N-dealkylation sites (N-methyl/N-ethyl adjacent to an activating group) is 1. The summed E-state index contributed by atoms with van der Waals surface area (Å²) in [5, 5.41) is 3.07. The monoisotopic (exact) mass is 395 g/mol. The molecule has 6 nitrogen and oxygen atoms in total. The molecule has 0 spiro atoms. The molecule has 2 aromatic rings. The Balaban J connectivity index is 1.41. The van der Waals surface area contributed by atoms with Gasteiger partial charge in [-0.05, 0) is 35.7 Å². The van der Waals surface area contributed by atoms with Gasteiger partial charge in [-0.15, -0.1) is 0 Å². The van der Waals surface area contributed by atoms with E-state index in [1.807, 2.05) is 30.3 Å². The summed E-state index contributed by atoms with van der Waals surface area (Å²) >= 11 is 0. The minimum absolute atomic E-state index is 0.0226. The fraction of sp³-hybridized carbons (Fsp3) is 0.435. The van der Waals surface area contributed by atoms with Crippen molar-refractivity contribution in [2.45, 2.75) is 12.5 Å². The number of hydrogen-bond donors (Lipinski definition) is 1. The van der Waals surface area contributed by atoms with E-state index in [0.29, 0.717) is 12.3 Å². The molecule has 1 saturated heterocycles. The number of hydrogen-bond acceptors (Lipinski definition) is 5. The average Bonchev–Trinajstić information content (AvgIpc) is 3.14. The molecule has 1 fully saturated rings. The van der Waals surface area contributed by atoms with Crippen molar-refractivity contribution in [1.29, 1.82) is 0 Å². The maximum atomic E-state index is 12.4. The van der Waals surface area contributed by atoms with Gasteiger partial charge in [-0.2, -0.15) is 0 Å². The molecule has 1 atom stereocenters. The van der Waals surface area contributed by atoms with E-state index in [4.69, 9.17) is 9.47 Å². The van der Waals surface area contributed by atoms with Crippen LogP contribution < -0.4 is 15.0 Å². The number of fused-ring (bicyclic) bond motifs is 1. The Morgan fingerprint density at radius 2 is 1.93 bits per heavy atom. The average molecular weight is 396 g/mol. The number of carbonyl (C=O) groups is 1. The van der Waals surface area contributed by atoms with E-state index in [1.54, 1.807) is 0 Å². The van der Waals surface area contributed by atoms with Gasteiger partial charge in [-0.1, -0.05) is 30.3 Å². The van der Waals surface area contributed by atoms with Crippen LogP contribution in [0.25, 0.3) is 0 Å². The SMILES string of the molecule is CN1CCc2cc([C@H](CNC(=O)COc3ccccc3)N3CCOCC3)ccc21. The molecule has 0 radical (unpaired) electrons. The smallest absolute Gasteiger partial charge is 0.258 e. The zero-order valence-corrected chi connectivity index (χ0v) is 17.0. The first-order valence-corrected chi connectivity index (χ1v) is 10.3. The highest BCUT2D eigenvalue weighted by Gasteiger charge is 2.25. The van der Waals surface area contributed by atoms with E-state index in [0.717, 1.165) is 39.3 Å². The highest BCUT2D eigenvalue weighted by Crippen LogP contribution is 2.31. The maximum absolute atomic E-state index is 12.4. The standard InChI is InChI=1S/C23H29N3O3/c1-25-10-9-19-15-18(7-8-21(19)25)22(26-11-13-28-14-12-26)16-24-23(27)17-29-20-5-3-2-4-6-20/h2-8,15,22H,9-14,16-17H2,1H3,(H,24,27)/t22-/m0/s1. The van der Waals surface area contributed by atoms with E-state index >= 15 is 0 Å². The van der Waals surface area contributed by atoms with Gasteiger partial charge in [-0.3, -0.25) is 9.69 Å². The molecule has 1 N–H and O–H groups in total. The van der Waals surface area contributed by atoms with Gasteiger partial charge in [0.15, 0.2) is 6.61 Å². The maximum Gasteiger partial charge on any atom is 0.258 e. The first kappa shape index (κ1) is 19.7. The van der Waals surface area contributed by atoms with Gasteiger partial charge >= 0.3 is 0 Å². The predicted molar refractivity (Wildman–Crippen MR) is 113 cm³/mol. The first-order chi connectivity index (χ1) is 14.2. The zero-order chi connectivity index (χ0) is 20.1. The Kier molecular flexibility index (Phi) is 6.32. The Hall–Kier alpha value is -2.57. The third-order valence-corrected chi connectivity index (χ3v) is 5.71. The number of nitrogens with zero attached hydrogens (tertiary/aromatic N) is 2. The normalized spacial score (nSPS) is 17.6. The molecule has 29 heavy (non-hydrogen) atoms. The van der Waals surface area contributed by atoms with Crippen LogP contribution in [0, 0.1) is 0 Å². The molecule has 1 amide bonds. The predicted octanol–water partition coefficient (Wildman–Crippen LogP) is 2.25. The first-order valence-electron chi connectivity index (χ1n) is 10.3. The van der Waals surface area contributed by atoms with Crippen LogP contribution in [0.5, 0.6) is 5.75 Å². The van der Waals surface area contributed by atoms with Crippen LogP contribution in [0.4, 0.5) is 5.69 Å². The van der Waals surface area contributed by atoms with E-state index < -0.39 is 0 Å². The third-order valence-electron chi connectivity index (χ3n) is 5.71. The number of rotatable bonds is 7. The summed E-state index contributed by atoms with van der Waals surface area (Å²) in [5.41, 5.74) is 3.96. The van der Waals surface area contributed by atoms with Crippen molar-refractivity contribution in [2.75, 3.05) is 57.9 Å². The Labute approximate surface area is 172 Å². The van der Waals surface area contributed by atoms with Crippen LogP contribution in [-0.2, 0) is 16.0 Å². The van der Waals surface area contributed by atoms with Gasteiger partial charge in [0.1, 0.15) is 5.75 Å². The zero-order valence-electron chi connectivity index (χ0n) is 17.0. The molecule has 2 aromatic carbocycles. The quantitative estimate of drug-likeness (QED) is 0.779. The topological polar surface area (TPSA) is 54.0 Å². The number of benzene rings is 2. The second kappa shape index (κ2) is 9.29. The molecule has 0 unspecified atom stereocenters. The van der Waals surface area contributed by atoms with Gasteiger partial charge in [0.05, 0.1) is 19.3 Å². The van der Waals surface area contributed by atoms with Crippen LogP contribution in [0.2, 0.25) is 0 Å². The molecule has 0 aliphatic carbocycles. The highest BCUT2D eigenvalue weighted by atomic mass is 16.5. The van der Waals surface area contributed by atoms with E-state index in [2.05, 4.69) is 40.4 Å². The van der Waals surface area contributed by atoms with Crippen molar-refractivity contribution >= 4 is 11.6 Å². The Bertz CT molecular complexity index is 821. The number of ether oxygens (including phenoxy) is 2. The van der Waals surface area contributed by atoms with Crippen molar-refractivity contribution in [3.63, 3.8) is 0 Å². The second-order valence-corrected chi connectivity index (χ2v) is 7.63. The van der Waals surface area contributed by atoms with Crippen molar-refractivity contribution < 1.29 is 14.3 Å². The number of nitrogens with one attached hydrogen (secondary N) is 1. The minimum Gasteiger partial charge on any atom is -0.484 e. The second-order valence-electron chi connectivity index (χ2n) is 7.63. The lowest BCUT2D eigenvalue weighted by atomic mass is 10.0. The number of anilines is 1. The lowest BCUT2D eigenvalue weighted by Crippen LogP contribution is -2.44. The van der Waals surface area contributed by atoms with Crippen molar-refractivity contribution in [1.82, 2.24) is 10.2 Å². The molecule has 6 heteroatoms. The summed E-state index contributed by atoms with van der Waals surface area (Å²) in [7, 11) is 2.14. The molecule has 0 saturated carbocycles. The van der Waals surface area contributed by atoms with Crippen LogP contribution in [-0.4, -0.2) is 63.9 Å². The molecule has 4 rings (SSSR count). The van der Waals surface area contributed by atoms with Crippen molar-refractivity contribution in [2.24, 2.45) is 0 Å². The van der Waals surface area contributed by atoms with Crippen LogP contribution >= 0.6 is 0 Å². The Morgan fingerprint density at radius 1 is 1.14 bits per heavy atom. The van der Waals surface area contributed by atoms with E-state index in [1.165, 1.54) is 16.8 Å². The van der Waals surface area contributed by atoms with Crippen LogP contribution in [0.15, 0.2) is 48.5 Å². The van der Waals surface area contributed by atoms with Gasteiger partial charge in [-0.25, -0.2) is 0 Å². The van der Waals surface area contributed by atoms with Gasteiger partial charge in [0.25, 0.3) is 5.91 Å². The highest BCUT2D eigenvalue weighted by molar-refractivity contribution is 5.77. The number of morpholine rings is 1. The summed E-state index contributed by atoms with van der Waals surface area (Å²) in [6.07, 6.45) is 1.08. The summed E-state index contributed by atoms with van der Waals surface area (Å²) in [6.45, 7) is 4.86. The Morgan fingerprint density at radius 3 is 2.72 bits per heavy atom. The van der Waals surface area contributed by atoms with Gasteiger partial charge < -0.3 is 19.7 Å². The number of amides is 1. The molecule has 0 aromatic heterocycles. The van der Waals surface area contributed by atoms with E-state index in [-0.39, 0.29) is 18.6 Å². The lowest BCUT2D eigenvalue weighted by molar-refractivity contribution is -0.123.